The van der Waals surface area contributed by atoms with E-state index in [1.807, 2.05) is 4.90 Å². The Morgan fingerprint density at radius 2 is 1.88 bits per heavy atom. The zero-order valence-electron chi connectivity index (χ0n) is 14.9. The van der Waals surface area contributed by atoms with Crippen molar-refractivity contribution < 1.29 is 23.9 Å². The van der Waals surface area contributed by atoms with E-state index in [1.54, 1.807) is 31.1 Å². The number of ketones is 1. The number of fused-ring (bicyclic) bond motifs is 2. The lowest BCUT2D eigenvalue weighted by Crippen LogP contribution is -2.48. The first-order valence-electron chi connectivity index (χ1n) is 8.72. The predicted octanol–water partition coefficient (Wildman–Crippen LogP) is 0.497. The van der Waals surface area contributed by atoms with Gasteiger partial charge in [0.15, 0.2) is 11.5 Å². The second-order valence-electron chi connectivity index (χ2n) is 6.92. The number of carbonyl (C=O) groups excluding carboxylic acids is 3. The number of Topliss-reactive ketones (excluding diaryl/α,β-unsaturated/α-hetero) is 1. The van der Waals surface area contributed by atoms with E-state index in [0.717, 1.165) is 12.8 Å². The fourth-order valence-corrected chi connectivity index (χ4v) is 3.73. The number of nitrogens with zero attached hydrogens (tertiary/aromatic N) is 3. The topological polar surface area (TPSA) is 79.4 Å². The van der Waals surface area contributed by atoms with Gasteiger partial charge in [-0.3, -0.25) is 24.2 Å². The molecule has 4 rings (SSSR count). The third-order valence-electron chi connectivity index (χ3n) is 5.05. The lowest BCUT2D eigenvalue weighted by atomic mass is 10.1. The van der Waals surface area contributed by atoms with Crippen LogP contribution in [0, 0.1) is 0 Å². The van der Waals surface area contributed by atoms with Gasteiger partial charge in [-0.25, -0.2) is 0 Å². The number of likely N-dealkylation sites (tertiary alicyclic amines) is 1. The molecule has 3 aliphatic heterocycles. The summed E-state index contributed by atoms with van der Waals surface area (Å²) in [6, 6.07) is 3.00. The van der Waals surface area contributed by atoms with E-state index in [0.29, 0.717) is 42.5 Å². The molecule has 0 bridgehead atoms. The standard InChI is InChI=1S/C18H21N3O5/c1-19(2)17(23)12-4-3-5-20(12)10-21-13-9-15-14(25-6-7-26-15)8-11(13)16(22)18(21)24/h8-9,12H,3-7,10H2,1-2H3. The van der Waals surface area contributed by atoms with Gasteiger partial charge in [0.2, 0.25) is 5.91 Å². The van der Waals surface area contributed by atoms with E-state index in [4.69, 9.17) is 9.47 Å². The lowest BCUT2D eigenvalue weighted by Gasteiger charge is -2.30. The molecule has 0 saturated carbocycles. The van der Waals surface area contributed by atoms with Crippen molar-refractivity contribution >= 4 is 23.3 Å². The van der Waals surface area contributed by atoms with Crippen LogP contribution in [0.3, 0.4) is 0 Å². The molecule has 1 aromatic rings. The zero-order chi connectivity index (χ0) is 18.4. The molecule has 8 heteroatoms. The third kappa shape index (κ3) is 2.61. The summed E-state index contributed by atoms with van der Waals surface area (Å²) in [5.74, 6) is -0.0931. The minimum atomic E-state index is -0.578. The van der Waals surface area contributed by atoms with Crippen LogP contribution in [-0.2, 0) is 9.59 Å². The van der Waals surface area contributed by atoms with Crippen molar-refractivity contribution in [3.63, 3.8) is 0 Å². The van der Waals surface area contributed by atoms with Crippen LogP contribution >= 0.6 is 0 Å². The number of likely N-dealkylation sites (N-methyl/N-ethyl adjacent to an activating group) is 1. The Balaban J connectivity index is 1.63. The number of benzene rings is 1. The van der Waals surface area contributed by atoms with Gasteiger partial charge in [-0.2, -0.15) is 0 Å². The van der Waals surface area contributed by atoms with Gasteiger partial charge in [0.05, 0.1) is 24.0 Å². The molecule has 0 N–H and O–H groups in total. The SMILES string of the molecule is CN(C)C(=O)C1CCCN1CN1C(=O)C(=O)c2cc3c(cc21)OCCO3. The molecule has 8 nitrogen and oxygen atoms in total. The maximum Gasteiger partial charge on any atom is 0.300 e. The monoisotopic (exact) mass is 359 g/mol. The number of ether oxygens (including phenoxy) is 2. The Bertz CT molecular complexity index is 791. The minimum Gasteiger partial charge on any atom is -0.486 e. The van der Waals surface area contributed by atoms with Crippen molar-refractivity contribution in [2.24, 2.45) is 0 Å². The quantitative estimate of drug-likeness (QED) is 0.731. The molecule has 1 unspecified atom stereocenters. The van der Waals surface area contributed by atoms with Crippen LogP contribution in [-0.4, -0.2) is 74.0 Å². The van der Waals surface area contributed by atoms with E-state index < -0.39 is 11.7 Å². The highest BCUT2D eigenvalue weighted by molar-refractivity contribution is 6.52. The molecule has 1 aromatic carbocycles. The Hall–Kier alpha value is -2.61. The van der Waals surface area contributed by atoms with E-state index in [-0.39, 0.29) is 18.6 Å². The second-order valence-corrected chi connectivity index (χ2v) is 6.92. The Kier molecular flexibility index (Phi) is 4.07. The van der Waals surface area contributed by atoms with Crippen LogP contribution in [0.25, 0.3) is 0 Å². The van der Waals surface area contributed by atoms with Gasteiger partial charge in [-0.15, -0.1) is 0 Å². The van der Waals surface area contributed by atoms with Crippen molar-refractivity contribution in [1.82, 2.24) is 9.80 Å². The van der Waals surface area contributed by atoms with E-state index >= 15 is 0 Å². The van der Waals surface area contributed by atoms with Crippen molar-refractivity contribution in [3.8, 4) is 11.5 Å². The Morgan fingerprint density at radius 1 is 1.19 bits per heavy atom. The summed E-state index contributed by atoms with van der Waals surface area (Å²) in [5.41, 5.74) is 0.848. The van der Waals surface area contributed by atoms with E-state index in [1.165, 1.54) is 4.90 Å². The summed E-state index contributed by atoms with van der Waals surface area (Å²) < 4.78 is 11.1. The van der Waals surface area contributed by atoms with Gasteiger partial charge >= 0.3 is 5.91 Å². The summed E-state index contributed by atoms with van der Waals surface area (Å²) in [4.78, 5) is 42.3. The number of carbonyl (C=O) groups is 3. The van der Waals surface area contributed by atoms with Crippen LogP contribution in [0.2, 0.25) is 0 Å². The predicted molar refractivity (Wildman–Crippen MR) is 92.5 cm³/mol. The molecule has 138 valence electrons. The molecular weight excluding hydrogens is 338 g/mol. The van der Waals surface area contributed by atoms with Gasteiger partial charge in [0.25, 0.3) is 5.78 Å². The van der Waals surface area contributed by atoms with Crippen molar-refractivity contribution in [2.75, 3.05) is 45.4 Å². The lowest BCUT2D eigenvalue weighted by molar-refractivity contribution is -0.133. The average Bonchev–Trinajstić information content (AvgIpc) is 3.19. The molecule has 2 amide bonds. The number of anilines is 1. The maximum absolute atomic E-state index is 12.5. The molecule has 0 aliphatic carbocycles. The summed E-state index contributed by atoms with van der Waals surface area (Å²) in [6.45, 7) is 1.77. The molecule has 1 fully saturated rings. The molecule has 0 radical (unpaired) electrons. The summed E-state index contributed by atoms with van der Waals surface area (Å²) in [7, 11) is 3.45. The third-order valence-corrected chi connectivity index (χ3v) is 5.05. The highest BCUT2D eigenvalue weighted by Crippen LogP contribution is 2.40. The van der Waals surface area contributed by atoms with Crippen LogP contribution in [0.1, 0.15) is 23.2 Å². The number of hydrogen-bond donors (Lipinski definition) is 0. The molecule has 3 heterocycles. The number of hydrogen-bond acceptors (Lipinski definition) is 6. The summed E-state index contributed by atoms with van der Waals surface area (Å²) in [5, 5.41) is 0. The molecule has 0 spiro atoms. The normalized spacial score (nSPS) is 21.9. The van der Waals surface area contributed by atoms with Crippen LogP contribution in [0.4, 0.5) is 5.69 Å². The molecular formula is C18H21N3O5. The highest BCUT2D eigenvalue weighted by Gasteiger charge is 2.41. The Labute approximate surface area is 151 Å². The maximum atomic E-state index is 12.5. The molecule has 1 atom stereocenters. The van der Waals surface area contributed by atoms with Crippen LogP contribution < -0.4 is 14.4 Å². The molecule has 1 saturated heterocycles. The smallest absolute Gasteiger partial charge is 0.300 e. The first-order chi connectivity index (χ1) is 12.5. The summed E-state index contributed by atoms with van der Waals surface area (Å²) >= 11 is 0. The van der Waals surface area contributed by atoms with Gasteiger partial charge in [-0.05, 0) is 18.9 Å². The molecule has 3 aliphatic rings. The summed E-state index contributed by atoms with van der Waals surface area (Å²) in [6.07, 6.45) is 1.63. The fraction of sp³-hybridized carbons (Fsp3) is 0.500. The van der Waals surface area contributed by atoms with Gasteiger partial charge in [-0.1, -0.05) is 0 Å². The molecule has 0 aromatic heterocycles. The van der Waals surface area contributed by atoms with Crippen LogP contribution in [0.5, 0.6) is 11.5 Å². The van der Waals surface area contributed by atoms with Crippen molar-refractivity contribution in [1.29, 1.82) is 0 Å². The minimum absolute atomic E-state index is 0.0165. The van der Waals surface area contributed by atoms with Gasteiger partial charge in [0.1, 0.15) is 13.2 Å². The van der Waals surface area contributed by atoms with E-state index in [9.17, 15) is 14.4 Å². The van der Waals surface area contributed by atoms with E-state index in [2.05, 4.69) is 0 Å². The molecule has 26 heavy (non-hydrogen) atoms. The van der Waals surface area contributed by atoms with Crippen molar-refractivity contribution in [3.05, 3.63) is 17.7 Å². The largest absolute Gasteiger partial charge is 0.486 e. The van der Waals surface area contributed by atoms with Crippen LogP contribution in [0.15, 0.2) is 12.1 Å². The van der Waals surface area contributed by atoms with Gasteiger partial charge in [0, 0.05) is 26.7 Å². The average molecular weight is 359 g/mol. The first kappa shape index (κ1) is 16.8. The Morgan fingerprint density at radius 3 is 2.58 bits per heavy atom. The zero-order valence-corrected chi connectivity index (χ0v) is 14.9. The fourth-order valence-electron chi connectivity index (χ4n) is 3.73. The number of amides is 2. The second kappa shape index (κ2) is 6.28. The highest BCUT2D eigenvalue weighted by atomic mass is 16.6. The van der Waals surface area contributed by atoms with Crippen molar-refractivity contribution in [2.45, 2.75) is 18.9 Å². The first-order valence-corrected chi connectivity index (χ1v) is 8.72. The number of rotatable bonds is 3. The van der Waals surface area contributed by atoms with Gasteiger partial charge < -0.3 is 14.4 Å².